The van der Waals surface area contributed by atoms with E-state index in [9.17, 15) is 13.2 Å². The van der Waals surface area contributed by atoms with E-state index in [2.05, 4.69) is 14.7 Å². The number of fused-ring (bicyclic) bond motifs is 1. The summed E-state index contributed by atoms with van der Waals surface area (Å²) in [6.07, 6.45) is 0. The van der Waals surface area contributed by atoms with Crippen molar-refractivity contribution in [2.24, 2.45) is 0 Å². The molecule has 0 radical (unpaired) electrons. The van der Waals surface area contributed by atoms with E-state index in [4.69, 9.17) is 23.2 Å². The van der Waals surface area contributed by atoms with Crippen LogP contribution in [0, 0.1) is 0 Å². The highest BCUT2D eigenvalue weighted by atomic mass is 35.5. The lowest BCUT2D eigenvalue weighted by Gasteiger charge is -2.09. The fraction of sp³-hybridized carbons (Fsp3) is 0. The quantitative estimate of drug-likeness (QED) is 0.672. The molecule has 0 spiro atoms. The number of rotatable bonds is 3. The Bertz CT molecular complexity index is 1000. The molecule has 6 nitrogen and oxygen atoms in total. The molecule has 0 atom stereocenters. The molecule has 3 rings (SSSR count). The highest BCUT2D eigenvalue weighted by Crippen LogP contribution is 2.25. The number of H-pyrrole nitrogens is 2. The first kappa shape index (κ1) is 15.0. The van der Waals surface area contributed by atoms with Crippen molar-refractivity contribution < 1.29 is 8.42 Å². The number of nitrogens with one attached hydrogen (secondary N) is 3. The van der Waals surface area contributed by atoms with Crippen molar-refractivity contribution in [2.45, 2.75) is 4.90 Å². The molecule has 0 aliphatic heterocycles. The van der Waals surface area contributed by atoms with Crippen LogP contribution in [0.1, 0.15) is 0 Å². The first-order chi connectivity index (χ1) is 10.3. The number of anilines is 1. The maximum Gasteiger partial charge on any atom is 0.323 e. The summed E-state index contributed by atoms with van der Waals surface area (Å²) in [6, 6.07) is 8.65. The number of benzene rings is 2. The Balaban J connectivity index is 2.01. The minimum atomic E-state index is -3.83. The molecule has 1 heterocycles. The monoisotopic (exact) mass is 357 g/mol. The van der Waals surface area contributed by atoms with Gasteiger partial charge in [0.15, 0.2) is 0 Å². The molecule has 0 unspecified atom stereocenters. The Morgan fingerprint density at radius 2 is 1.55 bits per heavy atom. The topological polar surface area (TPSA) is 94.8 Å². The van der Waals surface area contributed by atoms with Gasteiger partial charge in [0.05, 0.1) is 21.6 Å². The van der Waals surface area contributed by atoms with Gasteiger partial charge in [-0.1, -0.05) is 23.2 Å². The fourth-order valence-corrected chi connectivity index (χ4v) is 3.60. The molecule has 0 bridgehead atoms. The van der Waals surface area contributed by atoms with E-state index in [1.165, 1.54) is 36.4 Å². The zero-order valence-electron chi connectivity index (χ0n) is 10.9. The molecule has 0 saturated carbocycles. The van der Waals surface area contributed by atoms with Gasteiger partial charge in [-0.15, -0.1) is 0 Å². The Hall–Kier alpha value is -1.96. The molecule has 0 amide bonds. The van der Waals surface area contributed by atoms with Gasteiger partial charge in [-0.2, -0.15) is 0 Å². The van der Waals surface area contributed by atoms with Crippen LogP contribution in [0.3, 0.4) is 0 Å². The number of halogens is 2. The summed E-state index contributed by atoms with van der Waals surface area (Å²) in [6.45, 7) is 0. The number of aromatic nitrogens is 2. The highest BCUT2D eigenvalue weighted by Gasteiger charge is 2.16. The van der Waals surface area contributed by atoms with E-state index in [1.54, 1.807) is 0 Å². The lowest BCUT2D eigenvalue weighted by atomic mass is 10.3. The average Bonchev–Trinajstić information content (AvgIpc) is 2.75. The van der Waals surface area contributed by atoms with E-state index in [0.29, 0.717) is 21.1 Å². The Morgan fingerprint density at radius 3 is 2.23 bits per heavy atom. The largest absolute Gasteiger partial charge is 0.323 e. The van der Waals surface area contributed by atoms with Gasteiger partial charge in [-0.3, -0.25) is 4.72 Å². The van der Waals surface area contributed by atoms with E-state index < -0.39 is 15.7 Å². The summed E-state index contributed by atoms with van der Waals surface area (Å²) in [4.78, 5) is 16.3. The molecule has 114 valence electrons. The predicted molar refractivity (Wildman–Crippen MR) is 86.2 cm³/mol. The molecule has 9 heteroatoms. The van der Waals surface area contributed by atoms with Crippen LogP contribution in [0.25, 0.3) is 11.0 Å². The zero-order valence-corrected chi connectivity index (χ0v) is 13.2. The summed E-state index contributed by atoms with van der Waals surface area (Å²) < 4.78 is 27.1. The van der Waals surface area contributed by atoms with E-state index in [1.807, 2.05) is 0 Å². The maximum atomic E-state index is 12.4. The van der Waals surface area contributed by atoms with Gasteiger partial charge >= 0.3 is 5.69 Å². The third-order valence-corrected chi connectivity index (χ3v) is 4.73. The highest BCUT2D eigenvalue weighted by molar-refractivity contribution is 7.92. The number of imidazole rings is 1. The van der Waals surface area contributed by atoms with Gasteiger partial charge in [0.2, 0.25) is 0 Å². The van der Waals surface area contributed by atoms with Crippen LogP contribution in [0.4, 0.5) is 5.69 Å². The van der Waals surface area contributed by atoms with Crippen molar-refractivity contribution in [2.75, 3.05) is 4.72 Å². The summed E-state index contributed by atoms with van der Waals surface area (Å²) in [5.74, 6) is 0. The van der Waals surface area contributed by atoms with Gasteiger partial charge in [0.25, 0.3) is 10.0 Å². The van der Waals surface area contributed by atoms with Crippen LogP contribution in [0.5, 0.6) is 0 Å². The Labute approximate surface area is 135 Å². The molecule has 22 heavy (non-hydrogen) atoms. The van der Waals surface area contributed by atoms with Crippen molar-refractivity contribution in [1.82, 2.24) is 9.97 Å². The minimum absolute atomic E-state index is 0.00588. The van der Waals surface area contributed by atoms with Gasteiger partial charge < -0.3 is 9.97 Å². The smallest absolute Gasteiger partial charge is 0.306 e. The van der Waals surface area contributed by atoms with E-state index >= 15 is 0 Å². The molecule has 1 aromatic heterocycles. The lowest BCUT2D eigenvalue weighted by molar-refractivity contribution is 0.601. The minimum Gasteiger partial charge on any atom is -0.306 e. The second kappa shape index (κ2) is 5.35. The molecule has 3 aromatic rings. The van der Waals surface area contributed by atoms with Gasteiger partial charge in [0.1, 0.15) is 0 Å². The number of hydrogen-bond acceptors (Lipinski definition) is 3. The van der Waals surface area contributed by atoms with E-state index in [0.717, 1.165) is 0 Å². The normalized spacial score (nSPS) is 11.7. The van der Waals surface area contributed by atoms with Crippen molar-refractivity contribution in [1.29, 1.82) is 0 Å². The van der Waals surface area contributed by atoms with Crippen molar-refractivity contribution in [3.63, 3.8) is 0 Å². The van der Waals surface area contributed by atoms with Crippen molar-refractivity contribution >= 4 is 49.9 Å². The summed E-state index contributed by atoms with van der Waals surface area (Å²) >= 11 is 11.7. The number of aromatic amines is 2. The number of sulfonamides is 1. The molecular weight excluding hydrogens is 349 g/mol. The second-order valence-corrected chi connectivity index (χ2v) is 7.11. The Kier molecular flexibility index (Phi) is 3.64. The number of hydrogen-bond donors (Lipinski definition) is 3. The van der Waals surface area contributed by atoms with E-state index in [-0.39, 0.29) is 10.6 Å². The zero-order chi connectivity index (χ0) is 15.9. The SMILES string of the molecule is O=c1[nH]c2ccc(S(=O)(=O)Nc3cc(Cl)cc(Cl)c3)cc2[nH]1. The molecular formula is C13H9Cl2N3O3S. The van der Waals surface area contributed by atoms with Crippen LogP contribution in [-0.4, -0.2) is 18.4 Å². The first-order valence-electron chi connectivity index (χ1n) is 6.04. The fourth-order valence-electron chi connectivity index (χ4n) is 2.01. The van der Waals surface area contributed by atoms with Crippen molar-refractivity contribution in [3.05, 3.63) is 56.9 Å². The lowest BCUT2D eigenvalue weighted by Crippen LogP contribution is -2.12. The van der Waals surface area contributed by atoms with Crippen LogP contribution < -0.4 is 10.4 Å². The third-order valence-electron chi connectivity index (χ3n) is 2.91. The molecule has 0 fully saturated rings. The summed E-state index contributed by atoms with van der Waals surface area (Å²) in [5.41, 5.74) is 0.769. The molecule has 2 aromatic carbocycles. The maximum absolute atomic E-state index is 12.4. The predicted octanol–water partition coefficient (Wildman–Crippen LogP) is 2.96. The van der Waals surface area contributed by atoms with Crippen LogP contribution in [-0.2, 0) is 10.0 Å². The second-order valence-electron chi connectivity index (χ2n) is 4.55. The van der Waals surface area contributed by atoms with Gasteiger partial charge in [-0.05, 0) is 36.4 Å². The molecule has 0 aliphatic carbocycles. The van der Waals surface area contributed by atoms with Gasteiger partial charge in [0, 0.05) is 10.0 Å². The molecule has 0 aliphatic rings. The first-order valence-corrected chi connectivity index (χ1v) is 8.28. The third kappa shape index (κ3) is 2.96. The summed E-state index contributed by atoms with van der Waals surface area (Å²) in [5, 5.41) is 0.631. The van der Waals surface area contributed by atoms with Crippen LogP contribution in [0.15, 0.2) is 46.1 Å². The Morgan fingerprint density at radius 1 is 0.909 bits per heavy atom. The summed E-state index contributed by atoms with van der Waals surface area (Å²) in [7, 11) is -3.83. The van der Waals surface area contributed by atoms with Crippen molar-refractivity contribution in [3.8, 4) is 0 Å². The molecule has 0 saturated heterocycles. The average molecular weight is 358 g/mol. The van der Waals surface area contributed by atoms with Crippen LogP contribution >= 0.6 is 23.2 Å². The van der Waals surface area contributed by atoms with Gasteiger partial charge in [-0.25, -0.2) is 13.2 Å². The molecule has 3 N–H and O–H groups in total. The van der Waals surface area contributed by atoms with Crippen LogP contribution in [0.2, 0.25) is 10.0 Å². The standard InChI is InChI=1S/C13H9Cl2N3O3S/c14-7-3-8(15)5-9(4-7)18-22(20,21)10-1-2-11-12(6-10)17-13(19)16-11/h1-6,18H,(H2,16,17,19).